The average Bonchev–Trinajstić information content (AvgIpc) is 3.67. The molecule has 318 valence electrons. The normalized spacial score (nSPS) is 10.6. The van der Waals surface area contributed by atoms with Crippen LogP contribution in [0, 0.1) is 30.6 Å². The van der Waals surface area contributed by atoms with Crippen molar-refractivity contribution in [3.05, 3.63) is 138 Å². The van der Waals surface area contributed by atoms with Gasteiger partial charge >= 0.3 is 29.9 Å². The molecule has 0 saturated heterocycles. The Morgan fingerprint density at radius 3 is 1.76 bits per heavy atom. The molecule has 0 aliphatic carbocycles. The minimum Gasteiger partial charge on any atom is -0.494 e. The van der Waals surface area contributed by atoms with Crippen molar-refractivity contribution in [1.82, 2.24) is 4.98 Å². The lowest BCUT2D eigenvalue weighted by Crippen LogP contribution is -2.30. The first-order valence-electron chi connectivity index (χ1n) is 19.1. The molecule has 0 atom stereocenters. The van der Waals surface area contributed by atoms with Gasteiger partial charge in [-0.1, -0.05) is 48.2 Å². The van der Waals surface area contributed by atoms with Gasteiger partial charge in [0.15, 0.2) is 0 Å². The number of carbonyl (C=O) groups excluding carboxylic acids is 4. The maximum atomic E-state index is 14.1. The summed E-state index contributed by atoms with van der Waals surface area (Å²) in [5.41, 5.74) is 1.66. The van der Waals surface area contributed by atoms with Crippen LogP contribution in [0.25, 0.3) is 10.2 Å². The third-order valence-electron chi connectivity index (χ3n) is 8.57. The molecule has 0 fully saturated rings. The van der Waals surface area contributed by atoms with E-state index < -0.39 is 41.2 Å². The summed E-state index contributed by atoms with van der Waals surface area (Å²) in [5, 5.41) is 5.04. The third-order valence-corrected chi connectivity index (χ3v) is 9.52. The Kier molecular flexibility index (Phi) is 16.4. The number of alkyl halides is 3. The molecule has 1 heterocycles. The number of halogens is 3. The monoisotopic (exact) mass is 863 g/mol. The van der Waals surface area contributed by atoms with Crippen LogP contribution in [0.4, 0.5) is 24.5 Å². The molecule has 0 aliphatic heterocycles. The molecule has 0 unspecified atom stereocenters. The quantitative estimate of drug-likeness (QED) is 0.0327. The minimum absolute atomic E-state index is 0.0360. The van der Waals surface area contributed by atoms with E-state index in [0.717, 1.165) is 34.5 Å². The fraction of sp³-hybridized carbons (Fsp3) is 0.213. The Morgan fingerprint density at radius 2 is 1.16 bits per heavy atom. The van der Waals surface area contributed by atoms with Crippen LogP contribution in [-0.4, -0.2) is 55.2 Å². The van der Waals surface area contributed by atoms with Crippen molar-refractivity contribution in [2.75, 3.05) is 37.1 Å². The van der Waals surface area contributed by atoms with Gasteiger partial charge in [-0.15, -0.1) is 0 Å². The molecule has 0 bridgehead atoms. The molecule has 0 spiro atoms. The molecule has 0 radical (unpaired) electrons. The maximum Gasteiger partial charge on any atom is 0.418 e. The summed E-state index contributed by atoms with van der Waals surface area (Å²) in [6.45, 7) is 9.73. The van der Waals surface area contributed by atoms with Crippen molar-refractivity contribution < 1.29 is 51.3 Å². The van der Waals surface area contributed by atoms with Crippen molar-refractivity contribution in [3.8, 4) is 34.6 Å². The zero-order valence-electron chi connectivity index (χ0n) is 33.5. The average molecular weight is 864 g/mol. The van der Waals surface area contributed by atoms with Gasteiger partial charge < -0.3 is 29.6 Å². The molecule has 2 amide bonds. The van der Waals surface area contributed by atoms with Crippen LogP contribution in [0.5, 0.6) is 10.9 Å². The predicted molar refractivity (Wildman–Crippen MR) is 230 cm³/mol. The fourth-order valence-electron chi connectivity index (χ4n) is 5.40. The van der Waals surface area contributed by atoms with Gasteiger partial charge in [0.1, 0.15) is 5.75 Å². The molecular formula is C47H40F3N3O8S. The SMILES string of the molecule is C=CC(=O)OCCCCOc1ccc(C#Cc2ccc(NC(=O)C(=O)Nc3ccc(C#Cc4ccc5sc(OCCCCOC(=O)C=C)nc5c4)cc3C)c(C(F)(F)F)c2)cc1. The van der Waals surface area contributed by atoms with Crippen molar-refractivity contribution >= 4 is 56.7 Å². The van der Waals surface area contributed by atoms with E-state index >= 15 is 0 Å². The number of rotatable bonds is 16. The maximum absolute atomic E-state index is 14.1. The summed E-state index contributed by atoms with van der Waals surface area (Å²) in [6.07, 6.45) is -0.0693. The summed E-state index contributed by atoms with van der Waals surface area (Å²) >= 11 is 1.40. The Labute approximate surface area is 359 Å². The van der Waals surface area contributed by atoms with Gasteiger partial charge in [0.05, 0.1) is 47.9 Å². The number of nitrogens with one attached hydrogen (secondary N) is 2. The Hall–Kier alpha value is -7.36. The largest absolute Gasteiger partial charge is 0.494 e. The molecule has 1 aromatic heterocycles. The summed E-state index contributed by atoms with van der Waals surface area (Å²) in [6, 6.07) is 20.3. The summed E-state index contributed by atoms with van der Waals surface area (Å²) in [4.78, 5) is 52.4. The molecule has 0 saturated carbocycles. The Bertz CT molecular complexity index is 2580. The van der Waals surface area contributed by atoms with Crippen molar-refractivity contribution in [3.63, 3.8) is 0 Å². The highest BCUT2D eigenvalue weighted by molar-refractivity contribution is 7.20. The van der Waals surface area contributed by atoms with Crippen LogP contribution in [0.15, 0.2) is 104 Å². The number of benzene rings is 4. The lowest BCUT2D eigenvalue weighted by Gasteiger charge is -2.14. The lowest BCUT2D eigenvalue weighted by atomic mass is 10.1. The van der Waals surface area contributed by atoms with Gasteiger partial charge in [-0.2, -0.15) is 13.2 Å². The summed E-state index contributed by atoms with van der Waals surface area (Å²) < 4.78 is 64.5. The first kappa shape index (κ1) is 45.7. The van der Waals surface area contributed by atoms with Crippen LogP contribution in [0.3, 0.4) is 0 Å². The van der Waals surface area contributed by atoms with E-state index in [2.05, 4.69) is 52.5 Å². The van der Waals surface area contributed by atoms with Gasteiger partial charge in [0.25, 0.3) is 5.19 Å². The number of hydrogen-bond acceptors (Lipinski definition) is 10. The highest BCUT2D eigenvalue weighted by Gasteiger charge is 2.34. The number of amides is 2. The van der Waals surface area contributed by atoms with Crippen LogP contribution in [0.1, 0.15) is 59.1 Å². The van der Waals surface area contributed by atoms with Gasteiger partial charge in [-0.3, -0.25) is 9.59 Å². The number of nitrogens with zero attached hydrogens (tertiary/aromatic N) is 1. The number of anilines is 2. The number of esters is 2. The smallest absolute Gasteiger partial charge is 0.418 e. The van der Waals surface area contributed by atoms with E-state index in [1.54, 1.807) is 49.4 Å². The second kappa shape index (κ2) is 22.3. The van der Waals surface area contributed by atoms with Crippen molar-refractivity contribution in [2.45, 2.75) is 38.8 Å². The standard InChI is InChI=1S/C47H40F3N3O8S/c1-4-42(54)59-25-7-6-24-58-36-19-14-32(15-20-36)10-11-34-17-22-39(37(29-34)47(48,49)50)52-45(57)44(56)51-38-21-16-33(28-31(38)3)12-13-35-18-23-41-40(30-35)53-46(62-41)61-27-9-8-26-60-43(55)5-2/h4-5,14-23,28-30H,1-2,6-9,24-27H2,3H3,(H,51,56)(H,52,57). The molecule has 5 rings (SSSR count). The van der Waals surface area contributed by atoms with Crippen molar-refractivity contribution in [2.24, 2.45) is 0 Å². The number of aryl methyl sites for hydroxylation is 1. The number of unbranched alkanes of at least 4 members (excludes halogenated alkanes) is 2. The zero-order chi connectivity index (χ0) is 44.5. The number of thiazole rings is 1. The topological polar surface area (TPSA) is 142 Å². The first-order valence-corrected chi connectivity index (χ1v) is 20.0. The van der Waals surface area contributed by atoms with E-state index in [0.29, 0.717) is 72.1 Å². The van der Waals surface area contributed by atoms with Crippen LogP contribution in [0.2, 0.25) is 0 Å². The fourth-order valence-corrected chi connectivity index (χ4v) is 6.22. The first-order chi connectivity index (χ1) is 29.8. The molecule has 4 aromatic carbocycles. The molecule has 2 N–H and O–H groups in total. The highest BCUT2D eigenvalue weighted by Crippen LogP contribution is 2.35. The number of carbonyl (C=O) groups is 4. The summed E-state index contributed by atoms with van der Waals surface area (Å²) in [5.74, 6) is 8.82. The Morgan fingerprint density at radius 1 is 0.661 bits per heavy atom. The van der Waals surface area contributed by atoms with E-state index in [4.69, 9.17) is 18.9 Å². The second-order valence-corrected chi connectivity index (χ2v) is 14.2. The number of ether oxygens (including phenoxy) is 4. The third kappa shape index (κ3) is 14.1. The number of fused-ring (bicyclic) bond motifs is 1. The van der Waals surface area contributed by atoms with Crippen LogP contribution < -0.4 is 20.1 Å². The molecule has 0 aliphatic rings. The van der Waals surface area contributed by atoms with E-state index in [-0.39, 0.29) is 24.5 Å². The van der Waals surface area contributed by atoms with Gasteiger partial charge in [0.2, 0.25) is 0 Å². The molecule has 5 aromatic rings. The Balaban J connectivity index is 1.13. The zero-order valence-corrected chi connectivity index (χ0v) is 34.3. The lowest BCUT2D eigenvalue weighted by molar-refractivity contribution is -0.138. The second-order valence-electron chi connectivity index (χ2n) is 13.2. The minimum atomic E-state index is -4.87. The van der Waals surface area contributed by atoms with Gasteiger partial charge in [-0.25, -0.2) is 14.6 Å². The van der Waals surface area contributed by atoms with E-state index in [1.165, 1.54) is 17.4 Å². The van der Waals surface area contributed by atoms with Crippen LogP contribution >= 0.6 is 11.3 Å². The van der Waals surface area contributed by atoms with E-state index in [9.17, 15) is 32.3 Å². The van der Waals surface area contributed by atoms with E-state index in [1.807, 2.05) is 18.2 Å². The number of hydrogen-bond donors (Lipinski definition) is 2. The van der Waals surface area contributed by atoms with Crippen LogP contribution in [-0.2, 0) is 34.8 Å². The number of aromatic nitrogens is 1. The van der Waals surface area contributed by atoms with Crippen molar-refractivity contribution in [1.29, 1.82) is 0 Å². The van der Waals surface area contributed by atoms with Gasteiger partial charge in [-0.05, 0) is 117 Å². The van der Waals surface area contributed by atoms with Gasteiger partial charge in [0, 0.05) is 40.1 Å². The molecule has 15 heteroatoms. The molecule has 11 nitrogen and oxygen atoms in total. The highest BCUT2D eigenvalue weighted by atomic mass is 32.1. The molecular weight excluding hydrogens is 824 g/mol. The predicted octanol–water partition coefficient (Wildman–Crippen LogP) is 8.78. The summed E-state index contributed by atoms with van der Waals surface area (Å²) in [7, 11) is 0. The molecule has 62 heavy (non-hydrogen) atoms.